The van der Waals surface area contributed by atoms with Gasteiger partial charge >= 0.3 is 52.4 Å². The van der Waals surface area contributed by atoms with E-state index in [0.717, 1.165) is 0 Å². The largest absolute Gasteiger partial charge is 4.00 e. The summed E-state index contributed by atoms with van der Waals surface area (Å²) in [6.07, 6.45) is 0. The third-order valence-corrected chi connectivity index (χ3v) is 16.3. The minimum atomic E-state index is 0. The maximum Gasteiger partial charge on any atom is 4.00 e. The Bertz CT molecular complexity index is 3050. The summed E-state index contributed by atoms with van der Waals surface area (Å²) >= 11 is 0. The van der Waals surface area contributed by atoms with E-state index in [1.807, 2.05) is 0 Å². The number of hydrogen-bond acceptors (Lipinski definition) is 0. The van der Waals surface area contributed by atoms with Gasteiger partial charge in [-0.25, -0.2) is 0 Å². The topological polar surface area (TPSA) is 0 Å². The van der Waals surface area contributed by atoms with Crippen LogP contribution >= 0.6 is 0 Å². The summed E-state index contributed by atoms with van der Waals surface area (Å²) in [7, 11) is 8.56. The molecule has 1 heterocycles. The maximum atomic E-state index is 2.97. The summed E-state index contributed by atoms with van der Waals surface area (Å²) in [6.45, 7) is 12.2. The van der Waals surface area contributed by atoms with Crippen molar-refractivity contribution in [3.63, 3.8) is 0 Å². The third kappa shape index (κ3) is 20.1. The van der Waals surface area contributed by atoms with E-state index in [1.165, 1.54) is 129 Å². The molecule has 0 aromatic heterocycles. The van der Waals surface area contributed by atoms with E-state index in [9.17, 15) is 0 Å². The molecule has 1 aliphatic rings. The Morgan fingerprint density at radius 3 is 0.637 bits per heavy atom. The van der Waals surface area contributed by atoms with Crippen LogP contribution in [0, 0.1) is 57.4 Å². The van der Waals surface area contributed by atoms with Crippen molar-refractivity contribution in [2.45, 2.75) is 65.0 Å². The first kappa shape index (κ1) is 72.8. The Hall–Kier alpha value is -5.17. The fourth-order valence-corrected chi connectivity index (χ4v) is 12.9. The van der Waals surface area contributed by atoms with Gasteiger partial charge in [-0.15, -0.1) is 138 Å². The number of hydrogen-bond donors (Lipinski definition) is 0. The second kappa shape index (κ2) is 38.5. The summed E-state index contributed by atoms with van der Waals surface area (Å²) < 4.78 is 0. The predicted molar refractivity (Wildman–Crippen MR) is 358 cm³/mol. The number of aryl methyl sites for hydroxylation is 4. The minimum Gasteiger partial charge on any atom is -0.358 e. The van der Waals surface area contributed by atoms with Gasteiger partial charge in [-0.3, -0.25) is 0 Å². The molecule has 1 fully saturated rings. The van der Waals surface area contributed by atoms with Gasteiger partial charge in [0.1, 0.15) is 0 Å². The molecule has 1 saturated heterocycles. The zero-order valence-corrected chi connectivity index (χ0v) is 57.8. The average molecular weight is 1260 g/mol. The maximum absolute atomic E-state index is 2.97. The van der Waals surface area contributed by atoms with Crippen molar-refractivity contribution in [2.24, 2.45) is 0 Å². The number of fused-ring (bicyclic) bond motifs is 4. The van der Waals surface area contributed by atoms with Gasteiger partial charge in [0.15, 0.2) is 0 Å². The zero-order chi connectivity index (χ0) is 52.1. The van der Waals surface area contributed by atoms with E-state index in [1.54, 1.807) is 37.3 Å². The fraction of sp³-hybridized carbons (Fsp3) is 0.135. The van der Waals surface area contributed by atoms with E-state index in [2.05, 4.69) is 291 Å². The van der Waals surface area contributed by atoms with Crippen LogP contribution in [0.1, 0.15) is 22.3 Å². The molecule has 1 aliphatic heterocycles. The van der Waals surface area contributed by atoms with Gasteiger partial charge in [-0.1, -0.05) is 233 Å². The van der Waals surface area contributed by atoms with Crippen LogP contribution in [0.5, 0.6) is 0 Å². The van der Waals surface area contributed by atoms with Crippen molar-refractivity contribution in [1.29, 1.82) is 0 Å². The third-order valence-electron chi connectivity index (χ3n) is 12.9. The molecule has 0 atom stereocenters. The first-order chi connectivity index (χ1) is 36.4. The Morgan fingerprint density at radius 2 is 0.463 bits per heavy atom. The fourth-order valence-electron chi connectivity index (χ4n) is 9.62. The Kier molecular flexibility index (Phi) is 35.1. The van der Waals surface area contributed by atoms with Crippen LogP contribution in [0.3, 0.4) is 0 Å². The van der Waals surface area contributed by atoms with Gasteiger partial charge in [0.25, 0.3) is 0 Å². The van der Waals surface area contributed by atoms with Gasteiger partial charge in [0, 0.05) is 39.5 Å². The standard InChI is InChI=1S/4C16H13.C4H8Si2.2CH3Si.4CH3.2Zr/c4*1-12-10-14-8-5-9-15(16(14)11-12)13-6-3-2-4-7-13;1-2-6-4-3-5-1;2*1-2;;;;;;/h4*2-11H,1H3;1-4H2;2*1H3;4*1H3;;/q4*-1;;;;4*-1;2*+4. The molecule has 13 rings (SSSR count). The quantitative estimate of drug-likeness (QED) is 0.122. The molecule has 0 nitrogen and oxygen atoms in total. The normalized spacial score (nSPS) is 10.6. The van der Waals surface area contributed by atoms with Gasteiger partial charge in [0.05, 0.1) is 0 Å². The zero-order valence-electron chi connectivity index (χ0n) is 48.9. The first-order valence-corrected chi connectivity index (χ1v) is 30.5. The second-order valence-corrected chi connectivity index (χ2v) is 21.3. The van der Waals surface area contributed by atoms with E-state index >= 15 is 0 Å². The molecule has 0 saturated carbocycles. The molecule has 0 unspecified atom stereocenters. The van der Waals surface area contributed by atoms with Gasteiger partial charge < -0.3 is 29.7 Å². The van der Waals surface area contributed by atoms with E-state index in [-0.39, 0.29) is 82.1 Å². The van der Waals surface area contributed by atoms with Crippen LogP contribution < -0.4 is 0 Å². The minimum absolute atomic E-state index is 0. The van der Waals surface area contributed by atoms with Gasteiger partial charge in [0.2, 0.25) is 0 Å². The van der Waals surface area contributed by atoms with Gasteiger partial charge in [-0.05, 0) is 22.3 Å². The van der Waals surface area contributed by atoms with Crippen molar-refractivity contribution < 1.29 is 52.4 Å². The van der Waals surface area contributed by atoms with E-state index in [4.69, 9.17) is 0 Å². The SMILES string of the molecule is C1C[Si]CC[Si]1.C[Si].C[Si].Cc1cc2c(-c3ccccc3)cccc2[cH-]1.Cc1cc2c(-c3ccccc3)cccc2[cH-]1.Cc1cc2c(-c3ccccc3)cccc2[cH-]1.Cc1cc2c(-c3ccccc3)cccc2[cH-]1.[CH3-].[CH3-].[CH3-].[CH3-].[Zr+4].[Zr+4]. The molecule has 80 heavy (non-hydrogen) atoms. The average Bonchev–Trinajstić information content (AvgIpc) is 4.26. The molecular weight excluding hydrogens is 1180 g/mol. The monoisotopic (exact) mass is 1260 g/mol. The van der Waals surface area contributed by atoms with Crippen LogP contribution in [-0.2, 0) is 52.4 Å². The molecule has 0 aliphatic carbocycles. The second-order valence-electron chi connectivity index (χ2n) is 18.3. The van der Waals surface area contributed by atoms with Crippen LogP contribution in [0.4, 0.5) is 0 Å². The summed E-state index contributed by atoms with van der Waals surface area (Å²) in [6, 6.07) is 92.4. The van der Waals surface area contributed by atoms with Crippen LogP contribution in [0.2, 0.25) is 37.3 Å². The molecule has 398 valence electrons. The molecule has 12 aromatic carbocycles. The van der Waals surface area contributed by atoms with Crippen LogP contribution in [0.15, 0.2) is 243 Å². The molecular formula is C74H78Si4Zr2. The van der Waals surface area contributed by atoms with Crippen molar-refractivity contribution in [2.75, 3.05) is 0 Å². The Morgan fingerprint density at radius 1 is 0.275 bits per heavy atom. The first-order valence-electron chi connectivity index (χ1n) is 25.7. The summed E-state index contributed by atoms with van der Waals surface area (Å²) in [5, 5.41) is 10.7. The molecule has 10 radical (unpaired) electrons. The van der Waals surface area contributed by atoms with Crippen molar-refractivity contribution >= 4 is 82.6 Å². The van der Waals surface area contributed by atoms with Crippen molar-refractivity contribution in [3.05, 3.63) is 295 Å². The Labute approximate surface area is 534 Å². The van der Waals surface area contributed by atoms with E-state index in [0.29, 0.717) is 0 Å². The Balaban J connectivity index is 0.000000493. The molecule has 12 aromatic rings. The molecule has 0 bridgehead atoms. The summed E-state index contributed by atoms with van der Waals surface area (Å²) in [5.41, 5.74) is 15.8. The molecule has 0 spiro atoms. The smallest absolute Gasteiger partial charge is 0.358 e. The van der Waals surface area contributed by atoms with Crippen molar-refractivity contribution in [3.8, 4) is 44.5 Å². The van der Waals surface area contributed by atoms with Crippen LogP contribution in [-0.4, -0.2) is 39.5 Å². The number of rotatable bonds is 4. The number of benzene rings is 8. The molecule has 0 N–H and O–H groups in total. The summed E-state index contributed by atoms with van der Waals surface area (Å²) in [5.74, 6) is 0. The van der Waals surface area contributed by atoms with Crippen molar-refractivity contribution in [1.82, 2.24) is 0 Å². The van der Waals surface area contributed by atoms with Gasteiger partial charge in [-0.2, -0.15) is 24.3 Å². The molecule has 0 amide bonds. The summed E-state index contributed by atoms with van der Waals surface area (Å²) in [4.78, 5) is 0. The predicted octanol–water partition coefficient (Wildman–Crippen LogP) is 21.4. The van der Waals surface area contributed by atoms with Crippen LogP contribution in [0.25, 0.3) is 87.6 Å². The molecule has 6 heteroatoms. The van der Waals surface area contributed by atoms with E-state index < -0.39 is 0 Å².